The van der Waals surface area contributed by atoms with E-state index >= 15 is 0 Å². The van der Waals surface area contributed by atoms with Crippen molar-refractivity contribution >= 4 is 43.5 Å². The zero-order valence-corrected chi connectivity index (χ0v) is 12.3. The maximum Gasteiger partial charge on any atom is 0.0946 e. The summed E-state index contributed by atoms with van der Waals surface area (Å²) in [7, 11) is 0. The van der Waals surface area contributed by atoms with E-state index in [1.807, 2.05) is 30.3 Å². The second-order valence-electron chi connectivity index (χ2n) is 3.41. The van der Waals surface area contributed by atoms with E-state index in [9.17, 15) is 0 Å². The molecule has 0 saturated carbocycles. The second-order valence-corrected chi connectivity index (χ2v) is 6.87. The molecule has 0 atom stereocenters. The first kappa shape index (κ1) is 12.2. The van der Waals surface area contributed by atoms with Gasteiger partial charge in [0.15, 0.2) is 0 Å². The molecule has 3 heteroatoms. The summed E-state index contributed by atoms with van der Waals surface area (Å²) in [6.45, 7) is 0. The van der Waals surface area contributed by atoms with E-state index in [1.165, 1.54) is 5.56 Å². The highest BCUT2D eigenvalue weighted by Crippen LogP contribution is 2.33. The molecule has 0 radical (unpaired) electrons. The van der Waals surface area contributed by atoms with Gasteiger partial charge in [-0.25, -0.2) is 0 Å². The minimum atomic E-state index is 0.169. The molecular formula is C13H9Br2Cl. The average Bonchev–Trinajstić information content (AvgIpc) is 2.30. The van der Waals surface area contributed by atoms with E-state index < -0.39 is 0 Å². The standard InChI is InChI=1S/C13H9Br2Cl/c14-13(15)10-5-3-4-9(8-10)11-6-1-2-7-12(11)16/h1-8,13H. The smallest absolute Gasteiger partial charge is 0.0837 e. The van der Waals surface area contributed by atoms with Gasteiger partial charge in [-0.2, -0.15) is 0 Å². The molecule has 0 nitrogen and oxygen atoms in total. The van der Waals surface area contributed by atoms with Crippen molar-refractivity contribution in [3.63, 3.8) is 0 Å². The van der Waals surface area contributed by atoms with Crippen LogP contribution in [0.3, 0.4) is 0 Å². The predicted molar refractivity (Wildman–Crippen MR) is 77.5 cm³/mol. The Morgan fingerprint density at radius 1 is 0.938 bits per heavy atom. The zero-order valence-electron chi connectivity index (χ0n) is 8.33. The van der Waals surface area contributed by atoms with Crippen LogP contribution < -0.4 is 0 Å². The highest BCUT2D eigenvalue weighted by Gasteiger charge is 2.06. The summed E-state index contributed by atoms with van der Waals surface area (Å²) in [5, 5.41) is 0.778. The van der Waals surface area contributed by atoms with Crippen LogP contribution in [0.25, 0.3) is 11.1 Å². The molecular weight excluding hydrogens is 351 g/mol. The molecule has 2 aromatic carbocycles. The molecule has 0 heterocycles. The first-order valence-electron chi connectivity index (χ1n) is 4.81. The van der Waals surface area contributed by atoms with Gasteiger partial charge in [-0.05, 0) is 23.3 Å². The van der Waals surface area contributed by atoms with Gasteiger partial charge in [-0.15, -0.1) is 0 Å². The molecule has 0 amide bonds. The van der Waals surface area contributed by atoms with E-state index in [0.29, 0.717) is 0 Å². The van der Waals surface area contributed by atoms with E-state index in [4.69, 9.17) is 11.6 Å². The Bertz CT molecular complexity index is 495. The molecule has 0 aromatic heterocycles. The molecule has 0 aliphatic heterocycles. The topological polar surface area (TPSA) is 0 Å². The van der Waals surface area contributed by atoms with Crippen LogP contribution in [0, 0.1) is 0 Å². The number of rotatable bonds is 2. The average molecular weight is 360 g/mol. The molecule has 0 fully saturated rings. The van der Waals surface area contributed by atoms with Crippen LogP contribution in [0.1, 0.15) is 9.30 Å². The van der Waals surface area contributed by atoms with Gasteiger partial charge in [0.05, 0.1) is 3.74 Å². The molecule has 0 N–H and O–H groups in total. The van der Waals surface area contributed by atoms with Crippen LogP contribution in [-0.2, 0) is 0 Å². The summed E-state index contributed by atoms with van der Waals surface area (Å²) < 4.78 is 0.169. The molecule has 0 aliphatic rings. The number of halogens is 3. The van der Waals surface area contributed by atoms with E-state index in [1.54, 1.807) is 0 Å². The normalized spacial score (nSPS) is 10.8. The van der Waals surface area contributed by atoms with Crippen LogP contribution in [0.4, 0.5) is 0 Å². The van der Waals surface area contributed by atoms with Crippen molar-refractivity contribution in [2.75, 3.05) is 0 Å². The Morgan fingerprint density at radius 3 is 2.38 bits per heavy atom. The largest absolute Gasteiger partial charge is 0.0946 e. The number of alkyl halides is 2. The summed E-state index contributed by atoms with van der Waals surface area (Å²) in [5.41, 5.74) is 3.37. The molecule has 16 heavy (non-hydrogen) atoms. The van der Waals surface area contributed by atoms with Gasteiger partial charge in [0.1, 0.15) is 0 Å². The molecule has 2 rings (SSSR count). The Balaban J connectivity index is 2.49. The first-order chi connectivity index (χ1) is 7.68. The van der Waals surface area contributed by atoms with Crippen molar-refractivity contribution in [2.45, 2.75) is 3.74 Å². The molecule has 2 aromatic rings. The van der Waals surface area contributed by atoms with Gasteiger partial charge in [0.2, 0.25) is 0 Å². The van der Waals surface area contributed by atoms with Gasteiger partial charge in [-0.1, -0.05) is 79.9 Å². The minimum absolute atomic E-state index is 0.169. The third kappa shape index (κ3) is 2.68. The van der Waals surface area contributed by atoms with Crippen LogP contribution in [0.15, 0.2) is 48.5 Å². The fraction of sp³-hybridized carbons (Fsp3) is 0.0769. The summed E-state index contributed by atoms with van der Waals surface area (Å²) in [6, 6.07) is 16.1. The van der Waals surface area contributed by atoms with Gasteiger partial charge < -0.3 is 0 Å². The van der Waals surface area contributed by atoms with Crippen molar-refractivity contribution in [2.24, 2.45) is 0 Å². The Hall–Kier alpha value is -0.310. The lowest BCUT2D eigenvalue weighted by Gasteiger charge is -2.07. The lowest BCUT2D eigenvalue weighted by atomic mass is 10.0. The molecule has 0 saturated heterocycles. The Labute approximate surface area is 117 Å². The highest BCUT2D eigenvalue weighted by atomic mass is 79.9. The van der Waals surface area contributed by atoms with E-state index in [-0.39, 0.29) is 3.74 Å². The SMILES string of the molecule is Clc1ccccc1-c1cccc(C(Br)Br)c1. The van der Waals surface area contributed by atoms with E-state index in [2.05, 4.69) is 50.1 Å². The zero-order chi connectivity index (χ0) is 11.5. The quantitative estimate of drug-likeness (QED) is 0.594. The van der Waals surface area contributed by atoms with Crippen LogP contribution in [0.5, 0.6) is 0 Å². The Kier molecular flexibility index (Phi) is 4.06. The van der Waals surface area contributed by atoms with Crippen molar-refractivity contribution in [3.8, 4) is 11.1 Å². The van der Waals surface area contributed by atoms with Gasteiger partial charge >= 0.3 is 0 Å². The molecule has 0 spiro atoms. The van der Waals surface area contributed by atoms with Crippen molar-refractivity contribution in [3.05, 3.63) is 59.1 Å². The number of hydrogen-bond donors (Lipinski definition) is 0. The maximum atomic E-state index is 6.17. The molecule has 82 valence electrons. The summed E-state index contributed by atoms with van der Waals surface area (Å²) in [5.74, 6) is 0. The third-order valence-corrected chi connectivity index (χ3v) is 3.71. The van der Waals surface area contributed by atoms with E-state index in [0.717, 1.165) is 16.1 Å². The summed E-state index contributed by atoms with van der Waals surface area (Å²) in [6.07, 6.45) is 0. The molecule has 0 aliphatic carbocycles. The van der Waals surface area contributed by atoms with Crippen LogP contribution >= 0.6 is 43.5 Å². The lowest BCUT2D eigenvalue weighted by molar-refractivity contribution is 1.42. The Morgan fingerprint density at radius 2 is 1.69 bits per heavy atom. The monoisotopic (exact) mass is 358 g/mol. The maximum absolute atomic E-state index is 6.17. The molecule has 0 unspecified atom stereocenters. The number of hydrogen-bond acceptors (Lipinski definition) is 0. The fourth-order valence-electron chi connectivity index (χ4n) is 1.54. The minimum Gasteiger partial charge on any atom is -0.0837 e. The van der Waals surface area contributed by atoms with Crippen molar-refractivity contribution in [1.29, 1.82) is 0 Å². The number of benzene rings is 2. The van der Waals surface area contributed by atoms with Crippen molar-refractivity contribution in [1.82, 2.24) is 0 Å². The van der Waals surface area contributed by atoms with Gasteiger partial charge in [-0.3, -0.25) is 0 Å². The predicted octanol–water partition coefficient (Wildman–Crippen LogP) is 5.80. The van der Waals surface area contributed by atoms with Crippen LogP contribution in [0.2, 0.25) is 5.02 Å². The summed E-state index contributed by atoms with van der Waals surface area (Å²) >= 11 is 13.2. The molecule has 0 bridgehead atoms. The van der Waals surface area contributed by atoms with Gasteiger partial charge in [0, 0.05) is 10.6 Å². The third-order valence-electron chi connectivity index (χ3n) is 2.32. The summed E-state index contributed by atoms with van der Waals surface area (Å²) in [4.78, 5) is 0. The second kappa shape index (κ2) is 5.35. The fourth-order valence-corrected chi connectivity index (χ4v) is 2.35. The highest BCUT2D eigenvalue weighted by molar-refractivity contribution is 9.24. The lowest BCUT2D eigenvalue weighted by Crippen LogP contribution is -1.84. The van der Waals surface area contributed by atoms with Crippen LogP contribution in [-0.4, -0.2) is 0 Å². The van der Waals surface area contributed by atoms with Gasteiger partial charge in [0.25, 0.3) is 0 Å². The first-order valence-corrected chi connectivity index (χ1v) is 7.02. The van der Waals surface area contributed by atoms with Crippen molar-refractivity contribution < 1.29 is 0 Å².